The molecule has 0 spiro atoms. The van der Waals surface area contributed by atoms with Crippen molar-refractivity contribution in [2.75, 3.05) is 0 Å². The van der Waals surface area contributed by atoms with Crippen LogP contribution in [0.5, 0.6) is 0 Å². The zero-order valence-electron chi connectivity index (χ0n) is 21.3. The van der Waals surface area contributed by atoms with E-state index < -0.39 is 0 Å². The van der Waals surface area contributed by atoms with Crippen molar-refractivity contribution in [2.24, 2.45) is 11.7 Å². The number of allylic oxidation sites excluding steroid dienone is 2. The van der Waals surface area contributed by atoms with Crippen molar-refractivity contribution in [3.05, 3.63) is 137 Å². The minimum absolute atomic E-state index is 0.0542. The molecule has 1 aliphatic carbocycles. The van der Waals surface area contributed by atoms with Gasteiger partial charge in [-0.05, 0) is 41.5 Å². The van der Waals surface area contributed by atoms with E-state index in [4.69, 9.17) is 11.1 Å². The average molecular weight is 490 g/mol. The van der Waals surface area contributed by atoms with E-state index >= 15 is 0 Å². The molecule has 3 aromatic carbocycles. The van der Waals surface area contributed by atoms with Crippen molar-refractivity contribution in [1.82, 2.24) is 5.32 Å². The monoisotopic (exact) mass is 489 g/mol. The van der Waals surface area contributed by atoms with Crippen LogP contribution in [0.25, 0.3) is 6.08 Å². The van der Waals surface area contributed by atoms with E-state index in [1.165, 1.54) is 5.56 Å². The molecule has 0 saturated carbocycles. The number of amidine groups is 1. The molecule has 4 nitrogen and oxygen atoms in total. The van der Waals surface area contributed by atoms with Gasteiger partial charge in [-0.15, -0.1) is 0 Å². The van der Waals surface area contributed by atoms with Gasteiger partial charge in [0.05, 0.1) is 6.04 Å². The first-order valence-electron chi connectivity index (χ1n) is 12.9. The predicted molar refractivity (Wildman–Crippen MR) is 153 cm³/mol. The van der Waals surface area contributed by atoms with Crippen molar-refractivity contribution >= 4 is 17.8 Å². The number of amides is 1. The highest BCUT2D eigenvalue weighted by atomic mass is 16.1. The molecular formula is C33H35N3O. The first-order valence-corrected chi connectivity index (χ1v) is 12.9. The SMILES string of the molecule is CCC(Cc1cccc(C(=N)N)c1)C(/C=C/c1ccccc1)NC(=O)C1=CCC(c2ccccc2)C=C1. The molecule has 0 aromatic heterocycles. The van der Waals surface area contributed by atoms with E-state index in [1.54, 1.807) is 0 Å². The summed E-state index contributed by atoms with van der Waals surface area (Å²) in [6.07, 6.45) is 12.8. The molecular weight excluding hydrogens is 454 g/mol. The van der Waals surface area contributed by atoms with Crippen LogP contribution in [0.4, 0.5) is 0 Å². The Hall–Kier alpha value is -4.18. The van der Waals surface area contributed by atoms with Gasteiger partial charge in [-0.3, -0.25) is 10.2 Å². The quantitative estimate of drug-likeness (QED) is 0.227. The molecule has 0 saturated heterocycles. The zero-order valence-corrected chi connectivity index (χ0v) is 21.3. The van der Waals surface area contributed by atoms with Gasteiger partial charge in [-0.25, -0.2) is 0 Å². The first-order chi connectivity index (χ1) is 18.0. The van der Waals surface area contributed by atoms with E-state index in [-0.39, 0.29) is 23.7 Å². The number of rotatable bonds is 10. The van der Waals surface area contributed by atoms with Crippen LogP contribution in [0.3, 0.4) is 0 Å². The van der Waals surface area contributed by atoms with Crippen LogP contribution in [0.1, 0.15) is 47.9 Å². The molecule has 0 bridgehead atoms. The second-order valence-electron chi connectivity index (χ2n) is 9.53. The van der Waals surface area contributed by atoms with Crippen LogP contribution in [-0.4, -0.2) is 17.8 Å². The summed E-state index contributed by atoms with van der Waals surface area (Å²) in [6, 6.07) is 28.2. The summed E-state index contributed by atoms with van der Waals surface area (Å²) >= 11 is 0. The highest BCUT2D eigenvalue weighted by molar-refractivity contribution is 5.97. The molecule has 0 heterocycles. The molecule has 0 fully saturated rings. The number of nitrogen functional groups attached to an aromatic ring is 1. The summed E-state index contributed by atoms with van der Waals surface area (Å²) in [7, 11) is 0. The molecule has 4 heteroatoms. The fraction of sp³-hybridized carbons (Fsp3) is 0.212. The lowest BCUT2D eigenvalue weighted by molar-refractivity contribution is -0.117. The molecule has 0 radical (unpaired) electrons. The summed E-state index contributed by atoms with van der Waals surface area (Å²) in [6.45, 7) is 2.15. The van der Waals surface area contributed by atoms with Crippen molar-refractivity contribution < 1.29 is 4.79 Å². The van der Waals surface area contributed by atoms with Crippen LogP contribution in [0.15, 0.2) is 115 Å². The van der Waals surface area contributed by atoms with Crippen LogP contribution < -0.4 is 11.1 Å². The Labute approximate surface area is 220 Å². The second-order valence-corrected chi connectivity index (χ2v) is 9.53. The number of carbonyl (C=O) groups excluding carboxylic acids is 1. The Balaban J connectivity index is 1.52. The van der Waals surface area contributed by atoms with Gasteiger partial charge in [-0.2, -0.15) is 0 Å². The molecule has 0 aliphatic heterocycles. The van der Waals surface area contributed by atoms with Crippen LogP contribution >= 0.6 is 0 Å². The van der Waals surface area contributed by atoms with Gasteiger partial charge in [0.1, 0.15) is 5.84 Å². The molecule has 1 amide bonds. The minimum Gasteiger partial charge on any atom is -0.384 e. The summed E-state index contributed by atoms with van der Waals surface area (Å²) in [5.74, 6) is 0.481. The van der Waals surface area contributed by atoms with Crippen molar-refractivity contribution in [3.8, 4) is 0 Å². The Bertz CT molecular complexity index is 1290. The molecule has 3 unspecified atom stereocenters. The highest BCUT2D eigenvalue weighted by Gasteiger charge is 2.23. The lowest BCUT2D eigenvalue weighted by Crippen LogP contribution is -2.40. The summed E-state index contributed by atoms with van der Waals surface area (Å²) < 4.78 is 0. The maximum atomic E-state index is 13.4. The lowest BCUT2D eigenvalue weighted by atomic mass is 9.87. The maximum absolute atomic E-state index is 13.4. The third kappa shape index (κ3) is 7.17. The first kappa shape index (κ1) is 25.9. The van der Waals surface area contributed by atoms with Crippen molar-refractivity contribution in [3.63, 3.8) is 0 Å². The Morgan fingerprint density at radius 2 is 1.78 bits per heavy atom. The van der Waals surface area contributed by atoms with E-state index in [1.807, 2.05) is 54.6 Å². The van der Waals surface area contributed by atoms with E-state index in [0.717, 1.165) is 36.0 Å². The van der Waals surface area contributed by atoms with Crippen LogP contribution in [-0.2, 0) is 11.2 Å². The number of benzene rings is 3. The number of hydrogen-bond donors (Lipinski definition) is 3. The lowest BCUT2D eigenvalue weighted by Gasteiger charge is -2.26. The standard InChI is InChI=1S/C33H35N3O/c1-2-26(22-25-12-9-15-30(23-25)32(34)35)31(21-16-24-10-5-3-6-11-24)36-33(37)29-19-17-28(18-20-29)27-13-7-4-8-14-27/h3-17,19-21,23,26,28,31H,2,18,22H2,1H3,(H3,34,35)(H,36,37)/b21-16+. The number of hydrogen-bond acceptors (Lipinski definition) is 2. The summed E-state index contributed by atoms with van der Waals surface area (Å²) in [4.78, 5) is 13.4. The third-order valence-corrected chi connectivity index (χ3v) is 6.95. The Kier molecular flexibility index (Phi) is 8.88. The number of nitrogens with one attached hydrogen (secondary N) is 2. The smallest absolute Gasteiger partial charge is 0.251 e. The Morgan fingerprint density at radius 3 is 2.43 bits per heavy atom. The molecule has 4 N–H and O–H groups in total. The van der Waals surface area contributed by atoms with Gasteiger partial charge in [0.15, 0.2) is 0 Å². The van der Waals surface area contributed by atoms with Crippen LogP contribution in [0.2, 0.25) is 0 Å². The summed E-state index contributed by atoms with van der Waals surface area (Å²) in [5, 5.41) is 11.1. The fourth-order valence-electron chi connectivity index (χ4n) is 4.77. The minimum atomic E-state index is -0.153. The highest BCUT2D eigenvalue weighted by Crippen LogP contribution is 2.27. The number of carbonyl (C=O) groups is 1. The molecule has 1 aliphatic rings. The predicted octanol–water partition coefficient (Wildman–Crippen LogP) is 6.41. The van der Waals surface area contributed by atoms with Crippen molar-refractivity contribution in [2.45, 2.75) is 38.1 Å². The molecule has 188 valence electrons. The largest absolute Gasteiger partial charge is 0.384 e. The van der Waals surface area contributed by atoms with E-state index in [2.05, 4.69) is 72.9 Å². The summed E-state index contributed by atoms with van der Waals surface area (Å²) in [5.41, 5.74) is 10.6. The van der Waals surface area contributed by atoms with Gasteiger partial charge in [0.2, 0.25) is 0 Å². The Morgan fingerprint density at radius 1 is 1.05 bits per heavy atom. The zero-order chi connectivity index (χ0) is 26.0. The van der Waals surface area contributed by atoms with Crippen LogP contribution in [0, 0.1) is 11.3 Å². The van der Waals surface area contributed by atoms with E-state index in [0.29, 0.717) is 11.5 Å². The topological polar surface area (TPSA) is 79.0 Å². The normalized spacial score (nSPS) is 16.7. The second kappa shape index (κ2) is 12.7. The third-order valence-electron chi connectivity index (χ3n) is 6.95. The maximum Gasteiger partial charge on any atom is 0.251 e. The van der Waals surface area contributed by atoms with E-state index in [9.17, 15) is 4.79 Å². The molecule has 37 heavy (non-hydrogen) atoms. The van der Waals surface area contributed by atoms with Gasteiger partial charge < -0.3 is 11.1 Å². The van der Waals surface area contributed by atoms with Gasteiger partial charge in [0, 0.05) is 17.1 Å². The molecule has 3 aromatic rings. The van der Waals surface area contributed by atoms with Crippen molar-refractivity contribution in [1.29, 1.82) is 5.41 Å². The van der Waals surface area contributed by atoms with Gasteiger partial charge >= 0.3 is 0 Å². The van der Waals surface area contributed by atoms with Gasteiger partial charge in [-0.1, -0.05) is 123 Å². The average Bonchev–Trinajstić information content (AvgIpc) is 2.95. The number of nitrogens with two attached hydrogens (primary N) is 1. The molecule has 3 atom stereocenters. The van der Waals surface area contributed by atoms with Gasteiger partial charge in [0.25, 0.3) is 5.91 Å². The fourth-order valence-corrected chi connectivity index (χ4v) is 4.77. The molecule has 4 rings (SSSR count).